The first kappa shape index (κ1) is 17.3. The van der Waals surface area contributed by atoms with Gasteiger partial charge in [-0.2, -0.15) is 5.10 Å². The highest BCUT2D eigenvalue weighted by Crippen LogP contribution is 2.18. The van der Waals surface area contributed by atoms with Gasteiger partial charge in [0.15, 0.2) is 5.82 Å². The molecular weight excluding hydrogens is 358 g/mol. The minimum Gasteiger partial charge on any atom is -0.334 e. The Bertz CT molecular complexity index is 1070. The molecule has 140 valence electrons. The summed E-state index contributed by atoms with van der Waals surface area (Å²) in [6.45, 7) is 2.27. The van der Waals surface area contributed by atoms with Crippen LogP contribution in [0.2, 0.25) is 0 Å². The third kappa shape index (κ3) is 3.85. The molecule has 0 spiro atoms. The number of benzene rings is 1. The van der Waals surface area contributed by atoms with Gasteiger partial charge in [-0.25, -0.2) is 19.1 Å². The standard InChI is InChI=1S/C18H17N9O/c1-13-3-4-15(27-12-21-24-25-27)10-16(13)23-18(28)20-11-14-5-7-19-17(9-14)26-8-2-6-22-26/h2-10,12H,11H2,1H3,(H2,20,23,28). The SMILES string of the molecule is Cc1ccc(-n2cnnn2)cc1NC(=O)NCc1ccnc(-n2cccn2)c1. The summed E-state index contributed by atoms with van der Waals surface area (Å²) in [5.74, 6) is 0.690. The number of amides is 2. The Kier molecular flexibility index (Phi) is 4.74. The van der Waals surface area contributed by atoms with E-state index in [0.717, 1.165) is 16.8 Å². The lowest BCUT2D eigenvalue weighted by atomic mass is 10.2. The Morgan fingerprint density at radius 3 is 2.86 bits per heavy atom. The molecule has 10 nitrogen and oxygen atoms in total. The van der Waals surface area contributed by atoms with Gasteiger partial charge >= 0.3 is 6.03 Å². The van der Waals surface area contributed by atoms with Crippen LogP contribution in [0.3, 0.4) is 0 Å². The Labute approximate surface area is 160 Å². The Morgan fingerprint density at radius 2 is 2.07 bits per heavy atom. The summed E-state index contributed by atoms with van der Waals surface area (Å²) in [6, 6.07) is 10.8. The molecule has 0 saturated heterocycles. The molecule has 0 radical (unpaired) electrons. The number of nitrogens with zero attached hydrogens (tertiary/aromatic N) is 7. The molecule has 10 heteroatoms. The fourth-order valence-electron chi connectivity index (χ4n) is 2.62. The van der Waals surface area contributed by atoms with Crippen molar-refractivity contribution in [3.63, 3.8) is 0 Å². The van der Waals surface area contributed by atoms with Gasteiger partial charge in [0.2, 0.25) is 0 Å². The van der Waals surface area contributed by atoms with Gasteiger partial charge in [0.1, 0.15) is 6.33 Å². The van der Waals surface area contributed by atoms with E-state index in [0.29, 0.717) is 18.1 Å². The predicted molar refractivity (Wildman–Crippen MR) is 101 cm³/mol. The van der Waals surface area contributed by atoms with E-state index < -0.39 is 0 Å². The number of carbonyl (C=O) groups is 1. The number of rotatable bonds is 5. The summed E-state index contributed by atoms with van der Waals surface area (Å²) >= 11 is 0. The van der Waals surface area contributed by atoms with Gasteiger partial charge in [-0.3, -0.25) is 0 Å². The van der Waals surface area contributed by atoms with Crippen LogP contribution < -0.4 is 10.6 Å². The van der Waals surface area contributed by atoms with Gasteiger partial charge in [0, 0.05) is 30.8 Å². The number of aromatic nitrogens is 7. The molecule has 1 aromatic carbocycles. The average molecular weight is 375 g/mol. The van der Waals surface area contributed by atoms with Gasteiger partial charge < -0.3 is 10.6 Å². The van der Waals surface area contributed by atoms with Crippen LogP contribution >= 0.6 is 0 Å². The summed E-state index contributed by atoms with van der Waals surface area (Å²) < 4.78 is 3.19. The largest absolute Gasteiger partial charge is 0.334 e. The summed E-state index contributed by atoms with van der Waals surface area (Å²) in [5.41, 5.74) is 3.27. The molecule has 0 atom stereocenters. The van der Waals surface area contributed by atoms with Crippen molar-refractivity contribution in [1.29, 1.82) is 0 Å². The van der Waals surface area contributed by atoms with E-state index in [9.17, 15) is 4.79 Å². The van der Waals surface area contributed by atoms with Crippen LogP contribution in [0.25, 0.3) is 11.5 Å². The van der Waals surface area contributed by atoms with Crippen LogP contribution in [0.1, 0.15) is 11.1 Å². The predicted octanol–water partition coefficient (Wildman–Crippen LogP) is 1.87. The lowest BCUT2D eigenvalue weighted by molar-refractivity contribution is 0.251. The molecular formula is C18H17N9O. The lowest BCUT2D eigenvalue weighted by Gasteiger charge is -2.12. The maximum atomic E-state index is 12.3. The molecule has 0 saturated carbocycles. The normalized spacial score (nSPS) is 10.6. The molecule has 4 aromatic rings. The number of tetrazole rings is 1. The van der Waals surface area contributed by atoms with Crippen LogP contribution in [-0.4, -0.2) is 41.0 Å². The number of carbonyl (C=O) groups excluding carboxylic acids is 1. The van der Waals surface area contributed by atoms with E-state index >= 15 is 0 Å². The van der Waals surface area contributed by atoms with Gasteiger partial charge in [-0.1, -0.05) is 6.07 Å². The van der Waals surface area contributed by atoms with Gasteiger partial charge in [0.25, 0.3) is 0 Å². The van der Waals surface area contributed by atoms with Crippen molar-refractivity contribution < 1.29 is 4.79 Å². The molecule has 0 fully saturated rings. The monoisotopic (exact) mass is 375 g/mol. The summed E-state index contributed by atoms with van der Waals surface area (Å²) in [7, 11) is 0. The number of urea groups is 1. The highest BCUT2D eigenvalue weighted by molar-refractivity contribution is 5.90. The van der Waals surface area contributed by atoms with Gasteiger partial charge in [-0.05, 0) is 58.8 Å². The minimum absolute atomic E-state index is 0.311. The highest BCUT2D eigenvalue weighted by atomic mass is 16.2. The summed E-state index contributed by atoms with van der Waals surface area (Å²) in [6.07, 6.45) is 6.68. The first-order chi connectivity index (χ1) is 13.7. The van der Waals surface area contributed by atoms with Crippen molar-refractivity contribution in [3.8, 4) is 11.5 Å². The van der Waals surface area contributed by atoms with E-state index in [1.165, 1.54) is 11.0 Å². The Balaban J connectivity index is 1.41. The quantitative estimate of drug-likeness (QED) is 0.550. The van der Waals surface area contributed by atoms with Crippen molar-refractivity contribution in [1.82, 2.24) is 40.3 Å². The van der Waals surface area contributed by atoms with Gasteiger partial charge in [0.05, 0.1) is 5.69 Å². The maximum absolute atomic E-state index is 12.3. The second kappa shape index (κ2) is 7.66. The van der Waals surface area contributed by atoms with Crippen molar-refractivity contribution in [3.05, 3.63) is 72.4 Å². The molecule has 0 aliphatic carbocycles. The van der Waals surface area contributed by atoms with E-state index in [1.54, 1.807) is 17.1 Å². The van der Waals surface area contributed by atoms with Crippen LogP contribution in [0.15, 0.2) is 61.3 Å². The van der Waals surface area contributed by atoms with Crippen molar-refractivity contribution >= 4 is 11.7 Å². The third-order valence-corrected chi connectivity index (χ3v) is 4.09. The van der Waals surface area contributed by atoms with Crippen LogP contribution in [0.4, 0.5) is 10.5 Å². The molecule has 4 rings (SSSR count). The average Bonchev–Trinajstić information content (AvgIpc) is 3.42. The molecule has 0 aliphatic rings. The number of hydrogen-bond acceptors (Lipinski definition) is 6. The third-order valence-electron chi connectivity index (χ3n) is 4.09. The van der Waals surface area contributed by atoms with Crippen molar-refractivity contribution in [2.45, 2.75) is 13.5 Å². The molecule has 2 amide bonds. The first-order valence-electron chi connectivity index (χ1n) is 8.53. The van der Waals surface area contributed by atoms with Crippen LogP contribution in [0, 0.1) is 6.92 Å². The number of hydrogen-bond donors (Lipinski definition) is 2. The molecule has 28 heavy (non-hydrogen) atoms. The summed E-state index contributed by atoms with van der Waals surface area (Å²) in [4.78, 5) is 16.6. The second-order valence-corrected chi connectivity index (χ2v) is 6.03. The molecule has 0 bridgehead atoms. The summed E-state index contributed by atoms with van der Waals surface area (Å²) in [5, 5.41) is 21.0. The second-order valence-electron chi connectivity index (χ2n) is 6.03. The van der Waals surface area contributed by atoms with E-state index in [4.69, 9.17) is 0 Å². The van der Waals surface area contributed by atoms with E-state index in [-0.39, 0.29) is 6.03 Å². The zero-order chi connectivity index (χ0) is 19.3. The van der Waals surface area contributed by atoms with Crippen molar-refractivity contribution in [2.75, 3.05) is 5.32 Å². The topological polar surface area (TPSA) is 115 Å². The highest BCUT2D eigenvalue weighted by Gasteiger charge is 2.08. The lowest BCUT2D eigenvalue weighted by Crippen LogP contribution is -2.28. The number of nitrogens with one attached hydrogen (secondary N) is 2. The molecule has 3 heterocycles. The number of aryl methyl sites for hydroxylation is 1. The van der Waals surface area contributed by atoms with E-state index in [2.05, 4.69) is 36.2 Å². The van der Waals surface area contributed by atoms with Gasteiger partial charge in [-0.15, -0.1) is 5.10 Å². The Hall–Kier alpha value is -4.08. The molecule has 2 N–H and O–H groups in total. The fraction of sp³-hybridized carbons (Fsp3) is 0.111. The molecule has 3 aromatic heterocycles. The maximum Gasteiger partial charge on any atom is 0.319 e. The smallest absolute Gasteiger partial charge is 0.319 e. The minimum atomic E-state index is -0.311. The zero-order valence-corrected chi connectivity index (χ0v) is 15.0. The fourth-order valence-corrected chi connectivity index (χ4v) is 2.62. The van der Waals surface area contributed by atoms with Crippen molar-refractivity contribution in [2.24, 2.45) is 0 Å². The van der Waals surface area contributed by atoms with E-state index in [1.807, 2.05) is 49.5 Å². The number of pyridine rings is 1. The Morgan fingerprint density at radius 1 is 1.14 bits per heavy atom. The molecule has 0 aliphatic heterocycles. The van der Waals surface area contributed by atoms with Crippen LogP contribution in [0.5, 0.6) is 0 Å². The molecule has 0 unspecified atom stereocenters. The first-order valence-corrected chi connectivity index (χ1v) is 8.53. The van der Waals surface area contributed by atoms with Crippen LogP contribution in [-0.2, 0) is 6.54 Å². The zero-order valence-electron chi connectivity index (χ0n) is 15.0. The number of anilines is 1.